The highest BCUT2D eigenvalue weighted by molar-refractivity contribution is 5.87. The molecule has 1 aromatic carbocycles. The average molecular weight is 344 g/mol. The molecule has 1 saturated heterocycles. The van der Waals surface area contributed by atoms with Gasteiger partial charge in [-0.15, -0.1) is 0 Å². The summed E-state index contributed by atoms with van der Waals surface area (Å²) in [7, 11) is 0. The number of aryl methyl sites for hydroxylation is 1. The maximum Gasteiger partial charge on any atom is 0.326 e. The van der Waals surface area contributed by atoms with Crippen LogP contribution in [0.3, 0.4) is 0 Å². The van der Waals surface area contributed by atoms with Crippen LogP contribution in [0.15, 0.2) is 18.2 Å². The second-order valence-corrected chi connectivity index (χ2v) is 7.54. The Morgan fingerprint density at radius 3 is 2.80 bits per heavy atom. The van der Waals surface area contributed by atoms with Crippen LogP contribution in [0.4, 0.5) is 0 Å². The SMILES string of the molecule is CC(C)[C@H](NCc1cccc2c1CCC2)C(=O)N1CCC[C@H]1C(=O)O. The highest BCUT2D eigenvalue weighted by atomic mass is 16.4. The number of amides is 1. The molecular weight excluding hydrogens is 316 g/mol. The fourth-order valence-electron chi connectivity index (χ4n) is 4.16. The molecule has 1 amide bonds. The molecule has 1 aliphatic heterocycles. The van der Waals surface area contributed by atoms with E-state index in [0.29, 0.717) is 19.5 Å². The first-order valence-electron chi connectivity index (χ1n) is 9.35. The van der Waals surface area contributed by atoms with Gasteiger partial charge in [0.2, 0.25) is 5.91 Å². The van der Waals surface area contributed by atoms with Crippen molar-refractivity contribution in [3.05, 3.63) is 34.9 Å². The number of hydrogen-bond donors (Lipinski definition) is 2. The van der Waals surface area contributed by atoms with Gasteiger partial charge in [0.05, 0.1) is 6.04 Å². The Labute approximate surface area is 149 Å². The zero-order valence-electron chi connectivity index (χ0n) is 15.1. The van der Waals surface area contributed by atoms with E-state index >= 15 is 0 Å². The average Bonchev–Trinajstić information content (AvgIpc) is 3.23. The minimum atomic E-state index is -0.894. The summed E-state index contributed by atoms with van der Waals surface area (Å²) in [6, 6.07) is 5.40. The lowest BCUT2D eigenvalue weighted by molar-refractivity contribution is -0.149. The number of carboxylic acid groups (broad SMARTS) is 1. The van der Waals surface area contributed by atoms with Gasteiger partial charge in [-0.05, 0) is 54.7 Å². The zero-order valence-corrected chi connectivity index (χ0v) is 15.1. The highest BCUT2D eigenvalue weighted by Crippen LogP contribution is 2.26. The van der Waals surface area contributed by atoms with E-state index in [1.807, 2.05) is 13.8 Å². The molecule has 0 aromatic heterocycles. The predicted molar refractivity (Wildman–Crippen MR) is 96.3 cm³/mol. The van der Waals surface area contributed by atoms with Crippen LogP contribution in [0.25, 0.3) is 0 Å². The van der Waals surface area contributed by atoms with Gasteiger partial charge in [-0.2, -0.15) is 0 Å². The van der Waals surface area contributed by atoms with Crippen molar-refractivity contribution in [1.29, 1.82) is 0 Å². The molecule has 5 nitrogen and oxygen atoms in total. The number of carbonyl (C=O) groups is 2. The molecule has 0 saturated carbocycles. The van der Waals surface area contributed by atoms with Gasteiger partial charge < -0.3 is 15.3 Å². The van der Waals surface area contributed by atoms with Crippen LogP contribution in [0.1, 0.15) is 49.8 Å². The van der Waals surface area contributed by atoms with Crippen molar-refractivity contribution in [3.63, 3.8) is 0 Å². The lowest BCUT2D eigenvalue weighted by atomic mass is 10.00. The van der Waals surface area contributed by atoms with E-state index in [1.165, 1.54) is 23.1 Å². The summed E-state index contributed by atoms with van der Waals surface area (Å²) in [4.78, 5) is 25.9. The normalized spacial score (nSPS) is 20.8. The van der Waals surface area contributed by atoms with E-state index in [-0.39, 0.29) is 17.9 Å². The molecular formula is C20H28N2O3. The predicted octanol–water partition coefficient (Wildman–Crippen LogP) is 2.37. The molecule has 2 atom stereocenters. The molecule has 2 N–H and O–H groups in total. The standard InChI is InChI=1S/C20H28N2O3/c1-13(2)18(19(23)22-11-5-10-17(22)20(24)25)21-12-15-8-3-6-14-7-4-9-16(14)15/h3,6,8,13,17-18,21H,4-5,7,9-12H2,1-2H3,(H,24,25)/t17-,18-/m0/s1. The van der Waals surface area contributed by atoms with Crippen molar-refractivity contribution in [2.45, 2.75) is 64.6 Å². The van der Waals surface area contributed by atoms with Crippen LogP contribution in [0.2, 0.25) is 0 Å². The van der Waals surface area contributed by atoms with Crippen LogP contribution >= 0.6 is 0 Å². The third kappa shape index (κ3) is 3.71. The Hall–Kier alpha value is -1.88. The van der Waals surface area contributed by atoms with Crippen molar-refractivity contribution in [2.75, 3.05) is 6.54 Å². The van der Waals surface area contributed by atoms with Crippen molar-refractivity contribution in [3.8, 4) is 0 Å². The quantitative estimate of drug-likeness (QED) is 0.831. The number of nitrogens with zero attached hydrogens (tertiary/aromatic N) is 1. The van der Waals surface area contributed by atoms with Gasteiger partial charge in [0.25, 0.3) is 0 Å². The summed E-state index contributed by atoms with van der Waals surface area (Å²) in [5, 5.41) is 12.8. The summed E-state index contributed by atoms with van der Waals surface area (Å²) >= 11 is 0. The lowest BCUT2D eigenvalue weighted by Crippen LogP contribution is -2.52. The fraction of sp³-hybridized carbons (Fsp3) is 0.600. The first-order chi connectivity index (χ1) is 12.0. The van der Waals surface area contributed by atoms with Crippen molar-refractivity contribution in [1.82, 2.24) is 10.2 Å². The van der Waals surface area contributed by atoms with Gasteiger partial charge in [0.15, 0.2) is 0 Å². The minimum Gasteiger partial charge on any atom is -0.480 e. The summed E-state index contributed by atoms with van der Waals surface area (Å²) in [6.07, 6.45) is 4.77. The number of carbonyl (C=O) groups excluding carboxylic acids is 1. The fourth-order valence-corrected chi connectivity index (χ4v) is 4.16. The van der Waals surface area contributed by atoms with E-state index in [9.17, 15) is 14.7 Å². The molecule has 3 rings (SSSR count). The number of fused-ring (bicyclic) bond motifs is 1. The topological polar surface area (TPSA) is 69.6 Å². The number of hydrogen-bond acceptors (Lipinski definition) is 3. The maximum atomic E-state index is 13.0. The number of benzene rings is 1. The van der Waals surface area contributed by atoms with Crippen LogP contribution in [-0.2, 0) is 29.0 Å². The minimum absolute atomic E-state index is 0.0764. The first kappa shape index (κ1) is 17.9. The molecule has 1 fully saturated rings. The first-order valence-corrected chi connectivity index (χ1v) is 9.35. The van der Waals surface area contributed by atoms with Crippen molar-refractivity contribution in [2.24, 2.45) is 5.92 Å². The summed E-state index contributed by atoms with van der Waals surface area (Å²) < 4.78 is 0. The molecule has 1 aliphatic carbocycles. The summed E-state index contributed by atoms with van der Waals surface area (Å²) in [6.45, 7) is 5.22. The van der Waals surface area contributed by atoms with Crippen LogP contribution < -0.4 is 5.32 Å². The van der Waals surface area contributed by atoms with Gasteiger partial charge in [-0.3, -0.25) is 4.79 Å². The van der Waals surface area contributed by atoms with Gasteiger partial charge in [-0.1, -0.05) is 32.0 Å². The molecule has 0 radical (unpaired) electrons. The second-order valence-electron chi connectivity index (χ2n) is 7.54. The molecule has 0 unspecified atom stereocenters. The molecule has 1 aromatic rings. The van der Waals surface area contributed by atoms with Crippen LogP contribution in [0, 0.1) is 5.92 Å². The summed E-state index contributed by atoms with van der Waals surface area (Å²) in [5.41, 5.74) is 4.12. The van der Waals surface area contributed by atoms with Crippen LogP contribution in [-0.4, -0.2) is 40.5 Å². The van der Waals surface area contributed by atoms with Crippen molar-refractivity contribution >= 4 is 11.9 Å². The zero-order chi connectivity index (χ0) is 18.0. The molecule has 1 heterocycles. The highest BCUT2D eigenvalue weighted by Gasteiger charge is 2.37. The van der Waals surface area contributed by atoms with E-state index in [1.54, 1.807) is 4.90 Å². The van der Waals surface area contributed by atoms with Gasteiger partial charge in [0.1, 0.15) is 6.04 Å². The lowest BCUT2D eigenvalue weighted by Gasteiger charge is -2.29. The third-order valence-electron chi connectivity index (χ3n) is 5.51. The van der Waals surface area contributed by atoms with Gasteiger partial charge >= 0.3 is 5.97 Å². The molecule has 136 valence electrons. The maximum absolute atomic E-state index is 13.0. The molecule has 0 spiro atoms. The number of aliphatic carboxylic acids is 1. The van der Waals surface area contributed by atoms with E-state index in [4.69, 9.17) is 0 Å². The Bertz CT molecular complexity index is 656. The number of nitrogens with one attached hydrogen (secondary N) is 1. The van der Waals surface area contributed by atoms with Crippen LogP contribution in [0.5, 0.6) is 0 Å². The summed E-state index contributed by atoms with van der Waals surface area (Å²) in [5.74, 6) is -0.860. The largest absolute Gasteiger partial charge is 0.480 e. The van der Waals surface area contributed by atoms with Gasteiger partial charge in [0, 0.05) is 13.1 Å². The third-order valence-corrected chi connectivity index (χ3v) is 5.51. The number of carboxylic acids is 1. The Morgan fingerprint density at radius 1 is 1.28 bits per heavy atom. The molecule has 5 heteroatoms. The number of rotatable bonds is 6. The molecule has 25 heavy (non-hydrogen) atoms. The van der Waals surface area contributed by atoms with Gasteiger partial charge in [-0.25, -0.2) is 4.79 Å². The monoisotopic (exact) mass is 344 g/mol. The Balaban J connectivity index is 1.71. The molecule has 0 bridgehead atoms. The second kappa shape index (κ2) is 7.56. The Kier molecular flexibility index (Phi) is 5.42. The smallest absolute Gasteiger partial charge is 0.326 e. The molecule has 2 aliphatic rings. The number of likely N-dealkylation sites (tertiary alicyclic amines) is 1. The van der Waals surface area contributed by atoms with E-state index in [2.05, 4.69) is 23.5 Å². The van der Waals surface area contributed by atoms with E-state index in [0.717, 1.165) is 19.3 Å². The van der Waals surface area contributed by atoms with Crippen molar-refractivity contribution < 1.29 is 14.7 Å². The van der Waals surface area contributed by atoms with E-state index < -0.39 is 12.0 Å². The Morgan fingerprint density at radius 2 is 2.08 bits per heavy atom.